The normalized spacial score (nSPS) is 23.1. The summed E-state index contributed by atoms with van der Waals surface area (Å²) in [6.07, 6.45) is 12.7. The van der Waals surface area contributed by atoms with Crippen molar-refractivity contribution in [1.29, 1.82) is 0 Å². The van der Waals surface area contributed by atoms with Gasteiger partial charge in [-0.1, -0.05) is 51.4 Å². The van der Waals surface area contributed by atoms with Gasteiger partial charge in [-0.25, -0.2) is 0 Å². The van der Waals surface area contributed by atoms with E-state index in [1.807, 2.05) is 0 Å². The number of rotatable bonds is 0. The van der Waals surface area contributed by atoms with Gasteiger partial charge in [0, 0.05) is 0 Å². The van der Waals surface area contributed by atoms with Gasteiger partial charge in [-0.3, -0.25) is 0 Å². The van der Waals surface area contributed by atoms with Crippen molar-refractivity contribution in [3.63, 3.8) is 0 Å². The summed E-state index contributed by atoms with van der Waals surface area (Å²) in [6, 6.07) is 0. The van der Waals surface area contributed by atoms with Crippen LogP contribution in [-0.2, 0) is 0 Å². The van der Waals surface area contributed by atoms with E-state index in [2.05, 4.69) is 31.1 Å². The molecule has 0 aromatic rings. The number of hydrogen-bond acceptors (Lipinski definition) is 6. The Morgan fingerprint density at radius 3 is 1.06 bits per heavy atom. The van der Waals surface area contributed by atoms with Crippen LogP contribution in [0.4, 0.5) is 0 Å². The molecule has 6 heteroatoms. The third-order valence-electron chi connectivity index (χ3n) is 3.01. The molecule has 0 atom stereocenters. The van der Waals surface area contributed by atoms with Gasteiger partial charge in [0.1, 0.15) is 0 Å². The van der Waals surface area contributed by atoms with Crippen LogP contribution in [0, 0.1) is 0 Å². The summed E-state index contributed by atoms with van der Waals surface area (Å²) in [5, 5.41) is 21.8. The van der Waals surface area contributed by atoms with Gasteiger partial charge in [-0.05, 0) is 33.7 Å². The second-order valence-electron chi connectivity index (χ2n) is 4.62. The maximum Gasteiger partial charge on any atom is 0.0621 e. The minimum atomic E-state index is 0.732. The Kier molecular flexibility index (Phi) is 10.1. The molecule has 0 bridgehead atoms. The Hall–Kier alpha value is -1.20. The van der Waals surface area contributed by atoms with E-state index in [9.17, 15) is 0 Å². The molecule has 102 valence electrons. The van der Waals surface area contributed by atoms with Crippen molar-refractivity contribution in [3.8, 4) is 0 Å². The van der Waals surface area contributed by atoms with Gasteiger partial charge in [0.25, 0.3) is 0 Å². The molecule has 0 saturated carbocycles. The van der Waals surface area contributed by atoms with Crippen molar-refractivity contribution >= 4 is 0 Å². The van der Waals surface area contributed by atoms with Gasteiger partial charge >= 0.3 is 0 Å². The van der Waals surface area contributed by atoms with E-state index in [1.54, 1.807) is 0 Å². The second kappa shape index (κ2) is 12.3. The van der Waals surface area contributed by atoms with Crippen LogP contribution >= 0.6 is 0 Å². The zero-order valence-corrected chi connectivity index (χ0v) is 11.2. The van der Waals surface area contributed by atoms with Crippen LogP contribution in [0.5, 0.6) is 0 Å². The maximum absolute atomic E-state index is 3.90. The Morgan fingerprint density at radius 2 is 0.667 bits per heavy atom. The summed E-state index contributed by atoms with van der Waals surface area (Å²) in [6.45, 7) is 1.46. The molecule has 18 heavy (non-hydrogen) atoms. The molecular formula is C12H24N6. The van der Waals surface area contributed by atoms with Crippen LogP contribution in [-0.4, -0.2) is 13.1 Å². The molecule has 0 N–H and O–H groups in total. The molecule has 0 unspecified atom stereocenters. The lowest BCUT2D eigenvalue weighted by molar-refractivity contribution is 0.550. The topological polar surface area (TPSA) is 74.2 Å². The van der Waals surface area contributed by atoms with Crippen molar-refractivity contribution < 1.29 is 0 Å². The van der Waals surface area contributed by atoms with Crippen LogP contribution in [0.15, 0.2) is 31.1 Å². The molecule has 0 aliphatic carbocycles. The molecule has 0 amide bonds. The third kappa shape index (κ3) is 9.99. The van der Waals surface area contributed by atoms with E-state index in [0.717, 1.165) is 25.9 Å². The molecule has 0 fully saturated rings. The molecular weight excluding hydrogens is 228 g/mol. The van der Waals surface area contributed by atoms with E-state index < -0.39 is 0 Å². The summed E-state index contributed by atoms with van der Waals surface area (Å²) >= 11 is 0. The van der Waals surface area contributed by atoms with Gasteiger partial charge < -0.3 is 0 Å². The zero-order chi connectivity index (χ0) is 12.7. The average molecular weight is 252 g/mol. The Morgan fingerprint density at radius 1 is 0.333 bits per heavy atom. The molecule has 1 heterocycles. The minimum Gasteiger partial charge on any atom is -0.167 e. The maximum atomic E-state index is 3.90. The standard InChI is InChI=1S/C12H24N6/c1-2-4-6-8-10-12-14-16-18-17-15-13-11-9-7-5-3-1/h1-12H2/b15-13?,16-14?,18-17-. The molecule has 0 radical (unpaired) electrons. The van der Waals surface area contributed by atoms with Crippen molar-refractivity contribution in [2.24, 2.45) is 31.1 Å². The predicted octanol–water partition coefficient (Wildman–Crippen LogP) is 5.09. The highest BCUT2D eigenvalue weighted by Crippen LogP contribution is 2.10. The van der Waals surface area contributed by atoms with Crippen molar-refractivity contribution in [2.45, 2.75) is 64.2 Å². The predicted molar refractivity (Wildman–Crippen MR) is 70.5 cm³/mol. The first-order chi connectivity index (χ1) is 9.00. The van der Waals surface area contributed by atoms with Crippen LogP contribution in [0.3, 0.4) is 0 Å². The van der Waals surface area contributed by atoms with Gasteiger partial charge in [0.15, 0.2) is 0 Å². The number of nitrogens with zero attached hydrogens (tertiary/aromatic N) is 6. The Bertz CT molecular complexity index is 235. The smallest absolute Gasteiger partial charge is 0.0621 e. The Balaban J connectivity index is 2.20. The quantitative estimate of drug-likeness (QED) is 0.576. The minimum absolute atomic E-state index is 0.732. The van der Waals surface area contributed by atoms with Gasteiger partial charge in [0.2, 0.25) is 0 Å². The zero-order valence-electron chi connectivity index (χ0n) is 11.2. The first-order valence-corrected chi connectivity index (χ1v) is 7.13. The summed E-state index contributed by atoms with van der Waals surface area (Å²) in [7, 11) is 0. The van der Waals surface area contributed by atoms with E-state index >= 15 is 0 Å². The van der Waals surface area contributed by atoms with Crippen molar-refractivity contribution in [1.82, 2.24) is 0 Å². The van der Waals surface area contributed by atoms with Gasteiger partial charge in [0.05, 0.1) is 13.1 Å². The fourth-order valence-electron chi connectivity index (χ4n) is 1.96. The largest absolute Gasteiger partial charge is 0.167 e. The van der Waals surface area contributed by atoms with Gasteiger partial charge in [-0.15, -0.1) is 0 Å². The molecule has 1 aliphatic rings. The lowest BCUT2D eigenvalue weighted by Gasteiger charge is -2.01. The van der Waals surface area contributed by atoms with Crippen LogP contribution in [0.25, 0.3) is 0 Å². The fourth-order valence-corrected chi connectivity index (χ4v) is 1.96. The lowest BCUT2D eigenvalue weighted by atomic mass is 10.1. The highest BCUT2D eigenvalue weighted by Gasteiger charge is 1.93. The molecule has 6 nitrogen and oxygen atoms in total. The van der Waals surface area contributed by atoms with Crippen LogP contribution < -0.4 is 0 Å². The Labute approximate surface area is 109 Å². The first kappa shape index (κ1) is 14.9. The SMILES string of the molecule is C1CCCCCCN=N/N=N\N=NCCCCC1. The molecule has 1 rings (SSSR count). The van der Waals surface area contributed by atoms with Crippen molar-refractivity contribution in [2.75, 3.05) is 13.1 Å². The molecule has 0 saturated heterocycles. The summed E-state index contributed by atoms with van der Waals surface area (Å²) in [5.74, 6) is 0. The average Bonchev–Trinajstić information content (AvgIpc) is 2.39. The molecule has 0 spiro atoms. The monoisotopic (exact) mass is 252 g/mol. The van der Waals surface area contributed by atoms with E-state index in [-0.39, 0.29) is 0 Å². The summed E-state index contributed by atoms with van der Waals surface area (Å²) < 4.78 is 0. The van der Waals surface area contributed by atoms with Crippen LogP contribution in [0.1, 0.15) is 64.2 Å². The lowest BCUT2D eigenvalue weighted by Crippen LogP contribution is -1.85. The molecule has 1 aliphatic heterocycles. The summed E-state index contributed by atoms with van der Waals surface area (Å²) in [4.78, 5) is 0. The molecule has 0 aromatic heterocycles. The van der Waals surface area contributed by atoms with E-state index in [0.29, 0.717) is 0 Å². The second-order valence-corrected chi connectivity index (χ2v) is 4.62. The van der Waals surface area contributed by atoms with Gasteiger partial charge in [-0.2, -0.15) is 10.2 Å². The first-order valence-electron chi connectivity index (χ1n) is 7.13. The highest BCUT2D eigenvalue weighted by molar-refractivity contribution is 4.49. The number of hydrogen-bond donors (Lipinski definition) is 0. The van der Waals surface area contributed by atoms with E-state index in [1.165, 1.54) is 51.4 Å². The van der Waals surface area contributed by atoms with Crippen LogP contribution in [0.2, 0.25) is 0 Å². The van der Waals surface area contributed by atoms with E-state index in [4.69, 9.17) is 0 Å². The molecule has 0 aromatic carbocycles. The summed E-state index contributed by atoms with van der Waals surface area (Å²) in [5.41, 5.74) is 0. The third-order valence-corrected chi connectivity index (χ3v) is 3.01. The highest BCUT2D eigenvalue weighted by atomic mass is 15.6. The van der Waals surface area contributed by atoms with Crippen molar-refractivity contribution in [3.05, 3.63) is 0 Å². The fraction of sp³-hybridized carbons (Fsp3) is 1.00.